The Morgan fingerprint density at radius 2 is 1.56 bits per heavy atom. The fourth-order valence-electron chi connectivity index (χ4n) is 3.88. The lowest BCUT2D eigenvalue weighted by molar-refractivity contribution is -0.143. The molecule has 0 radical (unpaired) electrons. The van der Waals surface area contributed by atoms with Crippen molar-refractivity contribution in [2.45, 2.75) is 58.7 Å². The second-order valence-electron chi connectivity index (χ2n) is 8.94. The number of hydrogen-bond acceptors (Lipinski definition) is 3. The van der Waals surface area contributed by atoms with Gasteiger partial charge in [-0.05, 0) is 64.5 Å². The third-order valence-corrected chi connectivity index (χ3v) is 6.84. The summed E-state index contributed by atoms with van der Waals surface area (Å²) in [6.45, 7) is 6.23. The molecule has 36 heavy (non-hydrogen) atoms. The molecule has 1 N–H and O–H groups in total. The van der Waals surface area contributed by atoms with Gasteiger partial charge in [-0.3, -0.25) is 9.59 Å². The Balaban J connectivity index is 1.89. The molecule has 0 saturated carbocycles. The number of hydrogen-bond donors (Lipinski definition) is 1. The van der Waals surface area contributed by atoms with E-state index in [1.54, 1.807) is 4.90 Å². The highest BCUT2D eigenvalue weighted by molar-refractivity contribution is 9.10. The Hall–Kier alpha value is -3.12. The minimum absolute atomic E-state index is 0.00809. The van der Waals surface area contributed by atoms with Gasteiger partial charge in [-0.1, -0.05) is 80.6 Å². The molecule has 3 aromatic carbocycles. The fourth-order valence-corrected chi connectivity index (χ4v) is 4.42. The first-order valence-corrected chi connectivity index (χ1v) is 13.3. The van der Waals surface area contributed by atoms with Crippen molar-refractivity contribution in [1.29, 1.82) is 0 Å². The smallest absolute Gasteiger partial charge is 0.261 e. The van der Waals surface area contributed by atoms with Crippen LogP contribution in [0.4, 0.5) is 0 Å². The van der Waals surface area contributed by atoms with Gasteiger partial charge < -0.3 is 15.0 Å². The monoisotopic (exact) mass is 550 g/mol. The topological polar surface area (TPSA) is 58.6 Å². The average molecular weight is 552 g/mol. The zero-order valence-corrected chi connectivity index (χ0v) is 22.8. The summed E-state index contributed by atoms with van der Waals surface area (Å²) >= 11 is 3.55. The predicted molar refractivity (Wildman–Crippen MR) is 148 cm³/mol. The van der Waals surface area contributed by atoms with E-state index in [-0.39, 0.29) is 24.5 Å². The normalized spacial score (nSPS) is 12.4. The van der Waals surface area contributed by atoms with Crippen LogP contribution in [0.5, 0.6) is 5.75 Å². The molecule has 0 aromatic heterocycles. The van der Waals surface area contributed by atoms with Gasteiger partial charge in [-0.2, -0.15) is 0 Å². The molecule has 0 fully saturated rings. The third-order valence-electron chi connectivity index (χ3n) is 6.22. The zero-order valence-electron chi connectivity index (χ0n) is 21.2. The van der Waals surface area contributed by atoms with Gasteiger partial charge in [-0.25, -0.2) is 0 Å². The lowest BCUT2D eigenvalue weighted by Crippen LogP contribution is -2.53. The second kappa shape index (κ2) is 13.8. The van der Waals surface area contributed by atoms with Gasteiger partial charge in [-0.15, -0.1) is 0 Å². The molecule has 0 aliphatic carbocycles. The predicted octanol–water partition coefficient (Wildman–Crippen LogP) is 5.95. The highest BCUT2D eigenvalue weighted by atomic mass is 79.9. The van der Waals surface area contributed by atoms with Crippen LogP contribution in [0, 0.1) is 0 Å². The number of benzene rings is 3. The van der Waals surface area contributed by atoms with Gasteiger partial charge >= 0.3 is 0 Å². The molecule has 190 valence electrons. The van der Waals surface area contributed by atoms with E-state index < -0.39 is 6.04 Å². The largest absolute Gasteiger partial charge is 0.483 e. The lowest BCUT2D eigenvalue weighted by Gasteiger charge is -2.32. The van der Waals surface area contributed by atoms with E-state index in [1.807, 2.05) is 92.7 Å². The van der Waals surface area contributed by atoms with Gasteiger partial charge in [0, 0.05) is 19.0 Å². The van der Waals surface area contributed by atoms with Gasteiger partial charge in [0.25, 0.3) is 5.91 Å². The molecule has 0 aliphatic rings. The fraction of sp³-hybridized carbons (Fsp3) is 0.333. The van der Waals surface area contributed by atoms with Gasteiger partial charge in [0.2, 0.25) is 5.91 Å². The molecular formula is C30H35BrN2O3. The van der Waals surface area contributed by atoms with E-state index in [0.717, 1.165) is 28.4 Å². The van der Waals surface area contributed by atoms with Crippen LogP contribution in [0.2, 0.25) is 0 Å². The highest BCUT2D eigenvalue weighted by Gasteiger charge is 2.31. The van der Waals surface area contributed by atoms with Crippen molar-refractivity contribution >= 4 is 27.7 Å². The SMILES string of the molecule is CCc1ccc(OCC(=O)N(Cc2ccccc2)[C@@H](Cc2ccccc2)C(=O)N[C@@H](C)CC)c(Br)c1. The molecule has 3 aromatic rings. The lowest BCUT2D eigenvalue weighted by atomic mass is 10.0. The van der Waals surface area contributed by atoms with E-state index in [9.17, 15) is 9.59 Å². The number of halogens is 1. The standard InChI is InChI=1S/C30H35BrN2O3/c1-4-22(3)32-30(35)27(19-24-12-8-6-9-13-24)33(20-25-14-10-7-11-15-25)29(34)21-36-28-17-16-23(5-2)18-26(28)31/h6-18,22,27H,4-5,19-21H2,1-3H3,(H,32,35)/t22-,27-/m0/s1. The van der Waals surface area contributed by atoms with Crippen molar-refractivity contribution in [1.82, 2.24) is 10.2 Å². The molecule has 2 atom stereocenters. The first kappa shape index (κ1) is 27.5. The van der Waals surface area contributed by atoms with Crippen molar-refractivity contribution in [2.24, 2.45) is 0 Å². The van der Waals surface area contributed by atoms with Crippen LogP contribution >= 0.6 is 15.9 Å². The number of nitrogens with one attached hydrogen (secondary N) is 1. The van der Waals surface area contributed by atoms with Crippen LogP contribution in [-0.4, -0.2) is 35.4 Å². The second-order valence-corrected chi connectivity index (χ2v) is 9.79. The summed E-state index contributed by atoms with van der Waals surface area (Å²) in [6, 6.07) is 24.7. The molecule has 3 rings (SSSR count). The summed E-state index contributed by atoms with van der Waals surface area (Å²) in [5.74, 6) is 0.195. The van der Waals surface area contributed by atoms with E-state index in [0.29, 0.717) is 18.7 Å². The number of carbonyl (C=O) groups excluding carboxylic acids is 2. The van der Waals surface area contributed by atoms with E-state index >= 15 is 0 Å². The maximum Gasteiger partial charge on any atom is 0.261 e. The van der Waals surface area contributed by atoms with Crippen LogP contribution in [0.1, 0.15) is 43.9 Å². The van der Waals surface area contributed by atoms with Crippen LogP contribution in [-0.2, 0) is 29.0 Å². The van der Waals surface area contributed by atoms with Crippen LogP contribution in [0.25, 0.3) is 0 Å². The Labute approximate surface area is 223 Å². The maximum atomic E-state index is 13.7. The summed E-state index contributed by atoms with van der Waals surface area (Å²) < 4.78 is 6.73. The number of amides is 2. The minimum atomic E-state index is -0.677. The number of rotatable bonds is 12. The summed E-state index contributed by atoms with van der Waals surface area (Å²) in [5.41, 5.74) is 3.12. The third kappa shape index (κ3) is 7.95. The quantitative estimate of drug-likeness (QED) is 0.303. The molecular weight excluding hydrogens is 516 g/mol. The highest BCUT2D eigenvalue weighted by Crippen LogP contribution is 2.26. The molecule has 0 heterocycles. The van der Waals surface area contributed by atoms with Crippen LogP contribution in [0.3, 0.4) is 0 Å². The molecule has 0 unspecified atom stereocenters. The van der Waals surface area contributed by atoms with E-state index in [2.05, 4.69) is 28.2 Å². The van der Waals surface area contributed by atoms with Crippen LogP contribution < -0.4 is 10.1 Å². The number of nitrogens with zero attached hydrogens (tertiary/aromatic N) is 1. The van der Waals surface area contributed by atoms with Crippen molar-refractivity contribution in [2.75, 3.05) is 6.61 Å². The first-order chi connectivity index (χ1) is 17.4. The molecule has 0 aliphatic heterocycles. The number of ether oxygens (including phenoxy) is 1. The summed E-state index contributed by atoms with van der Waals surface area (Å²) in [4.78, 5) is 28.8. The minimum Gasteiger partial charge on any atom is -0.483 e. The van der Waals surface area contributed by atoms with Crippen molar-refractivity contribution in [3.8, 4) is 5.75 Å². The Morgan fingerprint density at radius 3 is 2.14 bits per heavy atom. The summed E-state index contributed by atoms with van der Waals surface area (Å²) in [7, 11) is 0. The van der Waals surface area contributed by atoms with E-state index in [4.69, 9.17) is 4.74 Å². The molecule has 6 heteroatoms. The van der Waals surface area contributed by atoms with Gasteiger partial charge in [0.1, 0.15) is 11.8 Å². The Bertz CT molecular complexity index is 1120. The number of carbonyl (C=O) groups is 2. The maximum absolute atomic E-state index is 13.7. The van der Waals surface area contributed by atoms with Crippen molar-refractivity contribution in [3.63, 3.8) is 0 Å². The molecule has 0 saturated heterocycles. The summed E-state index contributed by atoms with van der Waals surface area (Å²) in [5, 5.41) is 3.09. The Morgan fingerprint density at radius 1 is 0.917 bits per heavy atom. The molecule has 2 amide bonds. The first-order valence-electron chi connectivity index (χ1n) is 12.5. The molecule has 5 nitrogen and oxygen atoms in total. The van der Waals surface area contributed by atoms with Gasteiger partial charge in [0.05, 0.1) is 4.47 Å². The number of aryl methyl sites for hydroxylation is 1. The Kier molecular flexibility index (Phi) is 10.6. The van der Waals surface area contributed by atoms with Crippen molar-refractivity contribution < 1.29 is 14.3 Å². The molecule has 0 bridgehead atoms. The average Bonchev–Trinajstić information content (AvgIpc) is 2.90. The van der Waals surface area contributed by atoms with Crippen LogP contribution in [0.15, 0.2) is 83.3 Å². The molecule has 0 spiro atoms. The van der Waals surface area contributed by atoms with E-state index in [1.165, 1.54) is 5.56 Å². The zero-order chi connectivity index (χ0) is 25.9. The van der Waals surface area contributed by atoms with Gasteiger partial charge in [0.15, 0.2) is 6.61 Å². The summed E-state index contributed by atoms with van der Waals surface area (Å²) in [6.07, 6.45) is 2.13. The van der Waals surface area contributed by atoms with Crippen molar-refractivity contribution in [3.05, 3.63) is 100 Å².